The first kappa shape index (κ1) is 19.2. The molecule has 1 amide bonds. The summed E-state index contributed by atoms with van der Waals surface area (Å²) in [4.78, 5) is 17.0. The number of nitrogens with one attached hydrogen (secondary N) is 1. The first-order valence-electron chi connectivity index (χ1n) is 9.20. The second kappa shape index (κ2) is 8.86. The lowest BCUT2D eigenvalue weighted by Gasteiger charge is -2.37. The van der Waals surface area contributed by atoms with E-state index in [1.54, 1.807) is 12.1 Å². The molecule has 27 heavy (non-hydrogen) atoms. The predicted molar refractivity (Wildman–Crippen MR) is 112 cm³/mol. The van der Waals surface area contributed by atoms with Gasteiger partial charge in [0, 0.05) is 31.9 Å². The molecule has 1 aliphatic heterocycles. The van der Waals surface area contributed by atoms with Crippen molar-refractivity contribution in [3.8, 4) is 5.75 Å². The highest BCUT2D eigenvalue weighted by Gasteiger charge is 2.21. The maximum atomic E-state index is 12.7. The first-order chi connectivity index (χ1) is 13.0. The molecule has 1 N–H and O–H groups in total. The summed E-state index contributed by atoms with van der Waals surface area (Å²) >= 11 is 5.47. The number of thiocarbonyl (C=S) groups is 1. The quantitative estimate of drug-likeness (QED) is 0.821. The number of ether oxygens (including phenoxy) is 1. The zero-order chi connectivity index (χ0) is 19.2. The summed E-state index contributed by atoms with van der Waals surface area (Å²) < 4.78 is 5.73. The molecular formula is C21H25N3O2S. The monoisotopic (exact) mass is 383 g/mol. The minimum Gasteiger partial charge on any atom is -0.490 e. The van der Waals surface area contributed by atoms with E-state index in [2.05, 4.69) is 22.3 Å². The summed E-state index contributed by atoms with van der Waals surface area (Å²) in [6.07, 6.45) is -0.00281. The molecule has 142 valence electrons. The number of anilines is 1. The minimum atomic E-state index is -0.235. The molecule has 5 nitrogen and oxygen atoms in total. The molecule has 0 saturated carbocycles. The molecule has 1 heterocycles. The Labute approximate surface area is 165 Å². The van der Waals surface area contributed by atoms with Crippen LogP contribution < -0.4 is 15.0 Å². The number of para-hydroxylation sites is 2. The maximum Gasteiger partial charge on any atom is 0.261 e. The van der Waals surface area contributed by atoms with Crippen LogP contribution in [0.1, 0.15) is 24.2 Å². The van der Waals surface area contributed by atoms with Crippen LogP contribution in [0.5, 0.6) is 5.75 Å². The van der Waals surface area contributed by atoms with Gasteiger partial charge in [0.15, 0.2) is 5.11 Å². The molecule has 2 aromatic carbocycles. The average molecular weight is 384 g/mol. The summed E-state index contributed by atoms with van der Waals surface area (Å²) in [5, 5.41) is 3.32. The highest BCUT2D eigenvalue weighted by atomic mass is 32.1. The van der Waals surface area contributed by atoms with Gasteiger partial charge in [0.1, 0.15) is 5.75 Å². The molecule has 2 aromatic rings. The smallest absolute Gasteiger partial charge is 0.261 e. The lowest BCUT2D eigenvalue weighted by molar-refractivity contribution is 0.0967. The van der Waals surface area contributed by atoms with E-state index >= 15 is 0 Å². The van der Waals surface area contributed by atoms with E-state index in [4.69, 9.17) is 17.0 Å². The number of rotatable bonds is 4. The molecule has 0 spiro atoms. The predicted octanol–water partition coefficient (Wildman–Crippen LogP) is 3.31. The van der Waals surface area contributed by atoms with Crippen molar-refractivity contribution < 1.29 is 9.53 Å². The van der Waals surface area contributed by atoms with Crippen LogP contribution >= 0.6 is 12.2 Å². The maximum absolute atomic E-state index is 12.7. The Morgan fingerprint density at radius 2 is 1.63 bits per heavy atom. The van der Waals surface area contributed by atoms with E-state index in [0.29, 0.717) is 16.4 Å². The van der Waals surface area contributed by atoms with Crippen molar-refractivity contribution in [3.05, 3.63) is 60.2 Å². The highest BCUT2D eigenvalue weighted by Crippen LogP contribution is 2.20. The van der Waals surface area contributed by atoms with Crippen molar-refractivity contribution >= 4 is 28.9 Å². The number of piperazine rings is 1. The van der Waals surface area contributed by atoms with Crippen LogP contribution in [0, 0.1) is 0 Å². The van der Waals surface area contributed by atoms with Crippen molar-refractivity contribution in [2.24, 2.45) is 0 Å². The number of amides is 1. The zero-order valence-corrected chi connectivity index (χ0v) is 16.5. The summed E-state index contributed by atoms with van der Waals surface area (Å²) in [5.74, 6) is 0.337. The Bertz CT molecular complexity index is 787. The summed E-state index contributed by atoms with van der Waals surface area (Å²) in [6, 6.07) is 17.6. The van der Waals surface area contributed by atoms with Crippen LogP contribution in [0.25, 0.3) is 0 Å². The second-order valence-electron chi connectivity index (χ2n) is 6.73. The summed E-state index contributed by atoms with van der Waals surface area (Å²) in [6.45, 7) is 7.16. The van der Waals surface area contributed by atoms with Gasteiger partial charge in [-0.25, -0.2) is 0 Å². The van der Waals surface area contributed by atoms with E-state index in [1.165, 1.54) is 5.69 Å². The van der Waals surface area contributed by atoms with E-state index in [9.17, 15) is 4.79 Å². The fraction of sp³-hybridized carbons (Fsp3) is 0.333. The van der Waals surface area contributed by atoms with Crippen LogP contribution in [0.4, 0.5) is 5.69 Å². The fourth-order valence-electron chi connectivity index (χ4n) is 3.06. The number of hydrogen-bond acceptors (Lipinski definition) is 4. The van der Waals surface area contributed by atoms with Gasteiger partial charge >= 0.3 is 0 Å². The number of hydrogen-bond donors (Lipinski definition) is 1. The Balaban J connectivity index is 1.58. The van der Waals surface area contributed by atoms with Crippen LogP contribution in [-0.2, 0) is 0 Å². The normalized spacial score (nSPS) is 14.2. The second-order valence-corrected chi connectivity index (χ2v) is 7.12. The molecule has 1 aliphatic rings. The lowest BCUT2D eigenvalue weighted by atomic mass is 10.2. The Hall–Kier alpha value is -2.60. The average Bonchev–Trinajstić information content (AvgIpc) is 2.68. The van der Waals surface area contributed by atoms with Gasteiger partial charge in [-0.05, 0) is 50.3 Å². The molecule has 1 saturated heterocycles. The molecule has 0 aromatic heterocycles. The number of nitrogens with zero attached hydrogens (tertiary/aromatic N) is 2. The minimum absolute atomic E-state index is 0.00281. The Morgan fingerprint density at radius 1 is 1.00 bits per heavy atom. The Kier molecular flexibility index (Phi) is 6.29. The van der Waals surface area contributed by atoms with Gasteiger partial charge < -0.3 is 14.5 Å². The van der Waals surface area contributed by atoms with E-state index < -0.39 is 0 Å². The molecule has 6 heteroatoms. The Morgan fingerprint density at radius 3 is 2.30 bits per heavy atom. The van der Waals surface area contributed by atoms with Crippen molar-refractivity contribution in [1.82, 2.24) is 10.2 Å². The molecule has 0 aliphatic carbocycles. The zero-order valence-electron chi connectivity index (χ0n) is 15.7. The topological polar surface area (TPSA) is 44.8 Å². The van der Waals surface area contributed by atoms with Gasteiger partial charge in [-0.2, -0.15) is 0 Å². The summed E-state index contributed by atoms with van der Waals surface area (Å²) in [7, 11) is 0. The number of carbonyl (C=O) groups excluding carboxylic acids is 1. The fourth-order valence-corrected chi connectivity index (χ4v) is 3.34. The van der Waals surface area contributed by atoms with Gasteiger partial charge in [-0.1, -0.05) is 30.3 Å². The van der Waals surface area contributed by atoms with Gasteiger partial charge in [0.05, 0.1) is 11.7 Å². The van der Waals surface area contributed by atoms with Crippen LogP contribution in [-0.4, -0.2) is 48.2 Å². The number of benzene rings is 2. The number of carbonyl (C=O) groups is 1. The molecule has 3 rings (SSSR count). The van der Waals surface area contributed by atoms with Crippen molar-refractivity contribution in [2.75, 3.05) is 31.1 Å². The third-order valence-electron chi connectivity index (χ3n) is 4.40. The van der Waals surface area contributed by atoms with Crippen LogP contribution in [0.2, 0.25) is 0 Å². The molecule has 1 fully saturated rings. The van der Waals surface area contributed by atoms with Gasteiger partial charge in [0.25, 0.3) is 5.91 Å². The largest absolute Gasteiger partial charge is 0.490 e. The highest BCUT2D eigenvalue weighted by molar-refractivity contribution is 7.80. The van der Waals surface area contributed by atoms with Crippen molar-refractivity contribution in [1.29, 1.82) is 0 Å². The van der Waals surface area contributed by atoms with Crippen LogP contribution in [0.3, 0.4) is 0 Å². The van der Waals surface area contributed by atoms with Gasteiger partial charge in [-0.15, -0.1) is 0 Å². The van der Waals surface area contributed by atoms with E-state index in [1.807, 2.05) is 49.1 Å². The van der Waals surface area contributed by atoms with Crippen molar-refractivity contribution in [3.63, 3.8) is 0 Å². The molecular weight excluding hydrogens is 358 g/mol. The third kappa shape index (κ3) is 4.98. The SMILES string of the molecule is CC(C)Oc1ccccc1C(=O)NC(=S)N1CCN(c2ccccc2)CC1. The summed E-state index contributed by atoms with van der Waals surface area (Å²) in [5.41, 5.74) is 1.71. The van der Waals surface area contributed by atoms with Gasteiger partial charge in [0.2, 0.25) is 0 Å². The van der Waals surface area contributed by atoms with Crippen LogP contribution in [0.15, 0.2) is 54.6 Å². The molecule has 0 bridgehead atoms. The van der Waals surface area contributed by atoms with Crippen molar-refractivity contribution in [2.45, 2.75) is 20.0 Å². The van der Waals surface area contributed by atoms with E-state index in [0.717, 1.165) is 26.2 Å². The molecule has 0 radical (unpaired) electrons. The lowest BCUT2D eigenvalue weighted by Crippen LogP contribution is -2.52. The molecule has 0 unspecified atom stereocenters. The first-order valence-corrected chi connectivity index (χ1v) is 9.61. The molecule has 0 atom stereocenters. The van der Waals surface area contributed by atoms with E-state index in [-0.39, 0.29) is 12.0 Å². The van der Waals surface area contributed by atoms with Gasteiger partial charge in [-0.3, -0.25) is 10.1 Å². The third-order valence-corrected chi connectivity index (χ3v) is 4.76. The standard InChI is InChI=1S/C21H25N3O2S/c1-16(2)26-19-11-7-6-10-18(19)20(25)22-21(27)24-14-12-23(13-15-24)17-8-4-3-5-9-17/h3-11,16H,12-15H2,1-2H3,(H,22,25,27).